The SMILES string of the molecule is CN(C)C(=O)c1ccc(NC(=O)COC(=O)c2ccccc2Nc2ccccc2)cc1. The lowest BCUT2D eigenvalue weighted by Gasteiger charge is -2.12. The Kier molecular flexibility index (Phi) is 7.01. The Labute approximate surface area is 180 Å². The highest BCUT2D eigenvalue weighted by atomic mass is 16.5. The first-order chi connectivity index (χ1) is 14.9. The average molecular weight is 417 g/mol. The molecule has 31 heavy (non-hydrogen) atoms. The van der Waals surface area contributed by atoms with E-state index in [2.05, 4.69) is 10.6 Å². The molecule has 3 rings (SSSR count). The topological polar surface area (TPSA) is 87.7 Å². The van der Waals surface area contributed by atoms with Gasteiger partial charge in [0.1, 0.15) is 0 Å². The summed E-state index contributed by atoms with van der Waals surface area (Å²) in [7, 11) is 3.33. The molecule has 0 unspecified atom stereocenters. The molecule has 0 saturated carbocycles. The Morgan fingerprint density at radius 1 is 0.806 bits per heavy atom. The average Bonchev–Trinajstić information content (AvgIpc) is 2.78. The van der Waals surface area contributed by atoms with Crippen LogP contribution in [0, 0.1) is 0 Å². The first-order valence-electron chi connectivity index (χ1n) is 9.64. The summed E-state index contributed by atoms with van der Waals surface area (Å²) in [4.78, 5) is 38.1. The third-order valence-corrected chi connectivity index (χ3v) is 4.36. The van der Waals surface area contributed by atoms with E-state index in [-0.39, 0.29) is 5.91 Å². The van der Waals surface area contributed by atoms with E-state index >= 15 is 0 Å². The number of hydrogen-bond acceptors (Lipinski definition) is 5. The maximum atomic E-state index is 12.5. The van der Waals surface area contributed by atoms with E-state index in [9.17, 15) is 14.4 Å². The molecule has 0 spiro atoms. The smallest absolute Gasteiger partial charge is 0.340 e. The molecule has 0 bridgehead atoms. The number of hydrogen-bond donors (Lipinski definition) is 2. The molecule has 158 valence electrons. The van der Waals surface area contributed by atoms with Gasteiger partial charge in [-0.1, -0.05) is 30.3 Å². The second-order valence-corrected chi connectivity index (χ2v) is 6.94. The van der Waals surface area contributed by atoms with Gasteiger partial charge in [-0.25, -0.2) is 4.79 Å². The van der Waals surface area contributed by atoms with Crippen molar-refractivity contribution in [2.75, 3.05) is 31.3 Å². The highest BCUT2D eigenvalue weighted by Gasteiger charge is 2.15. The zero-order chi connectivity index (χ0) is 22.2. The minimum absolute atomic E-state index is 0.130. The van der Waals surface area contributed by atoms with Crippen LogP contribution in [0.1, 0.15) is 20.7 Å². The fourth-order valence-electron chi connectivity index (χ4n) is 2.81. The second kappa shape index (κ2) is 10.1. The molecular weight excluding hydrogens is 394 g/mol. The second-order valence-electron chi connectivity index (χ2n) is 6.94. The molecule has 0 aliphatic heterocycles. The molecule has 0 aliphatic rings. The van der Waals surface area contributed by atoms with Gasteiger partial charge in [0, 0.05) is 31.0 Å². The van der Waals surface area contributed by atoms with Crippen LogP contribution < -0.4 is 10.6 Å². The van der Waals surface area contributed by atoms with Gasteiger partial charge < -0.3 is 20.3 Å². The van der Waals surface area contributed by atoms with Crippen LogP contribution in [0.25, 0.3) is 0 Å². The number of carbonyl (C=O) groups is 3. The van der Waals surface area contributed by atoms with Gasteiger partial charge in [-0.3, -0.25) is 9.59 Å². The first kappa shape index (κ1) is 21.6. The van der Waals surface area contributed by atoms with Crippen molar-refractivity contribution in [3.63, 3.8) is 0 Å². The number of nitrogens with zero attached hydrogens (tertiary/aromatic N) is 1. The van der Waals surface area contributed by atoms with E-state index in [4.69, 9.17) is 4.74 Å². The maximum absolute atomic E-state index is 12.5. The van der Waals surface area contributed by atoms with Gasteiger partial charge in [-0.15, -0.1) is 0 Å². The Bertz CT molecular complexity index is 1060. The summed E-state index contributed by atoms with van der Waals surface area (Å²) in [5.74, 6) is -1.22. The zero-order valence-electron chi connectivity index (χ0n) is 17.3. The quantitative estimate of drug-likeness (QED) is 0.569. The third kappa shape index (κ3) is 5.93. The molecule has 0 aliphatic carbocycles. The minimum Gasteiger partial charge on any atom is -0.452 e. The van der Waals surface area contributed by atoms with Crippen LogP contribution in [0.3, 0.4) is 0 Å². The predicted octanol–water partition coefficient (Wildman–Crippen LogP) is 3.93. The number of ether oxygens (including phenoxy) is 1. The molecule has 7 nitrogen and oxygen atoms in total. The fourth-order valence-corrected chi connectivity index (χ4v) is 2.81. The van der Waals surface area contributed by atoms with E-state index in [0.29, 0.717) is 22.5 Å². The molecule has 3 aromatic carbocycles. The normalized spacial score (nSPS) is 10.1. The van der Waals surface area contributed by atoms with Crippen LogP contribution in [-0.4, -0.2) is 43.4 Å². The lowest BCUT2D eigenvalue weighted by molar-refractivity contribution is -0.119. The Balaban J connectivity index is 1.57. The minimum atomic E-state index is -0.610. The predicted molar refractivity (Wildman–Crippen MR) is 120 cm³/mol. The van der Waals surface area contributed by atoms with Crippen LogP contribution in [0.15, 0.2) is 78.9 Å². The van der Waals surface area contributed by atoms with Gasteiger partial charge in [0.2, 0.25) is 0 Å². The van der Waals surface area contributed by atoms with Crippen molar-refractivity contribution in [1.29, 1.82) is 0 Å². The van der Waals surface area contributed by atoms with Crippen molar-refractivity contribution in [2.24, 2.45) is 0 Å². The van der Waals surface area contributed by atoms with Gasteiger partial charge in [0.15, 0.2) is 6.61 Å². The third-order valence-electron chi connectivity index (χ3n) is 4.36. The standard InChI is InChI=1S/C24H23N3O4/c1-27(2)23(29)17-12-14-19(15-13-17)26-22(28)16-31-24(30)20-10-6-7-11-21(20)25-18-8-4-3-5-9-18/h3-15,25H,16H2,1-2H3,(H,26,28). The molecule has 0 saturated heterocycles. The van der Waals surface area contributed by atoms with Crippen molar-refractivity contribution in [2.45, 2.75) is 0 Å². The number of esters is 1. The largest absolute Gasteiger partial charge is 0.452 e. The van der Waals surface area contributed by atoms with Crippen LogP contribution >= 0.6 is 0 Å². The van der Waals surface area contributed by atoms with Gasteiger partial charge in [-0.2, -0.15) is 0 Å². The molecule has 0 fully saturated rings. The van der Waals surface area contributed by atoms with Crippen molar-refractivity contribution >= 4 is 34.8 Å². The number of anilines is 3. The Morgan fingerprint density at radius 3 is 2.13 bits per heavy atom. The van der Waals surface area contributed by atoms with E-state index < -0.39 is 18.5 Å². The molecule has 2 N–H and O–H groups in total. The Morgan fingerprint density at radius 2 is 1.45 bits per heavy atom. The lowest BCUT2D eigenvalue weighted by Crippen LogP contribution is -2.22. The van der Waals surface area contributed by atoms with E-state index in [1.807, 2.05) is 30.3 Å². The van der Waals surface area contributed by atoms with Gasteiger partial charge in [0.25, 0.3) is 11.8 Å². The van der Waals surface area contributed by atoms with Crippen LogP contribution in [-0.2, 0) is 9.53 Å². The molecule has 0 radical (unpaired) electrons. The number of para-hydroxylation sites is 2. The number of carbonyl (C=O) groups excluding carboxylic acids is 3. The highest BCUT2D eigenvalue weighted by molar-refractivity contribution is 5.99. The summed E-state index contributed by atoms with van der Waals surface area (Å²) in [5, 5.41) is 5.81. The van der Waals surface area contributed by atoms with Crippen molar-refractivity contribution in [3.05, 3.63) is 90.0 Å². The highest BCUT2D eigenvalue weighted by Crippen LogP contribution is 2.21. The summed E-state index contributed by atoms with van der Waals surface area (Å²) in [6.45, 7) is -0.434. The molecule has 0 aromatic heterocycles. The molecule has 7 heteroatoms. The maximum Gasteiger partial charge on any atom is 0.340 e. The fraction of sp³-hybridized carbons (Fsp3) is 0.125. The molecular formula is C24H23N3O4. The Hall–Kier alpha value is -4.13. The van der Waals surface area contributed by atoms with E-state index in [1.165, 1.54) is 4.90 Å². The molecule has 0 heterocycles. The summed E-state index contributed by atoms with van der Waals surface area (Å²) < 4.78 is 5.18. The molecule has 3 aromatic rings. The zero-order valence-corrected chi connectivity index (χ0v) is 17.3. The summed E-state index contributed by atoms with van der Waals surface area (Å²) in [6.07, 6.45) is 0. The van der Waals surface area contributed by atoms with Crippen molar-refractivity contribution < 1.29 is 19.1 Å². The number of rotatable bonds is 7. The van der Waals surface area contributed by atoms with Crippen LogP contribution in [0.2, 0.25) is 0 Å². The van der Waals surface area contributed by atoms with Crippen LogP contribution in [0.5, 0.6) is 0 Å². The molecule has 0 atom stereocenters. The van der Waals surface area contributed by atoms with Gasteiger partial charge in [0.05, 0.1) is 11.3 Å². The van der Waals surface area contributed by atoms with Gasteiger partial charge in [-0.05, 0) is 48.5 Å². The summed E-state index contributed by atoms with van der Waals surface area (Å²) in [6, 6.07) is 22.8. The lowest BCUT2D eigenvalue weighted by atomic mass is 10.1. The van der Waals surface area contributed by atoms with Gasteiger partial charge >= 0.3 is 5.97 Å². The summed E-state index contributed by atoms with van der Waals surface area (Å²) >= 11 is 0. The van der Waals surface area contributed by atoms with E-state index in [0.717, 1.165) is 5.69 Å². The number of benzene rings is 3. The van der Waals surface area contributed by atoms with Crippen molar-refractivity contribution in [3.8, 4) is 0 Å². The molecule has 2 amide bonds. The first-order valence-corrected chi connectivity index (χ1v) is 9.64. The summed E-state index contributed by atoms with van der Waals surface area (Å²) in [5.41, 5.74) is 2.75. The van der Waals surface area contributed by atoms with Crippen molar-refractivity contribution in [1.82, 2.24) is 4.90 Å². The van der Waals surface area contributed by atoms with E-state index in [1.54, 1.807) is 62.6 Å². The number of nitrogens with one attached hydrogen (secondary N) is 2. The number of amides is 2. The monoisotopic (exact) mass is 417 g/mol. The van der Waals surface area contributed by atoms with Crippen LogP contribution in [0.4, 0.5) is 17.1 Å².